The highest BCUT2D eigenvalue weighted by Gasteiger charge is 2.34. The van der Waals surface area contributed by atoms with Gasteiger partial charge in [-0.1, -0.05) is 143 Å². The topological polar surface area (TPSA) is 4.93 Å². The molecule has 1 aliphatic rings. The zero-order valence-electron chi connectivity index (χ0n) is 29.9. The van der Waals surface area contributed by atoms with Crippen molar-refractivity contribution < 1.29 is 0 Å². The highest BCUT2D eigenvalue weighted by atomic mass is 32.1. The second-order valence-electron chi connectivity index (χ2n) is 15.5. The molecule has 0 radical (unpaired) electrons. The van der Waals surface area contributed by atoms with Crippen LogP contribution in [0.1, 0.15) is 38.8 Å². The van der Waals surface area contributed by atoms with E-state index in [9.17, 15) is 0 Å². The lowest BCUT2D eigenvalue weighted by molar-refractivity contribution is 0.565. The van der Waals surface area contributed by atoms with E-state index in [0.29, 0.717) is 0 Å². The van der Waals surface area contributed by atoms with Gasteiger partial charge in [0.25, 0.3) is 0 Å². The Balaban J connectivity index is 1.07. The Morgan fingerprint density at radius 1 is 0.442 bits per heavy atom. The van der Waals surface area contributed by atoms with Crippen molar-refractivity contribution in [1.29, 1.82) is 0 Å². The zero-order valence-corrected chi connectivity index (χ0v) is 30.8. The van der Waals surface area contributed by atoms with E-state index < -0.39 is 0 Å². The van der Waals surface area contributed by atoms with Crippen LogP contribution < -0.4 is 0 Å². The van der Waals surface area contributed by atoms with Gasteiger partial charge >= 0.3 is 0 Å². The first-order valence-corrected chi connectivity index (χ1v) is 19.1. The van der Waals surface area contributed by atoms with Crippen LogP contribution in [0.5, 0.6) is 0 Å². The van der Waals surface area contributed by atoms with E-state index >= 15 is 0 Å². The average molecular weight is 686 g/mol. The van der Waals surface area contributed by atoms with Crippen molar-refractivity contribution in [3.8, 4) is 39.1 Å². The Labute approximate surface area is 309 Å². The minimum Gasteiger partial charge on any atom is -0.309 e. The normalized spacial score (nSPS) is 14.8. The van der Waals surface area contributed by atoms with Crippen LogP contribution in [-0.4, -0.2) is 4.57 Å². The number of para-hydroxylation sites is 2. The Morgan fingerprint density at radius 2 is 1.04 bits per heavy atom. The van der Waals surface area contributed by atoms with Crippen molar-refractivity contribution in [2.45, 2.75) is 38.5 Å². The quantitative estimate of drug-likeness (QED) is 0.163. The predicted molar refractivity (Wildman–Crippen MR) is 225 cm³/mol. The fourth-order valence-electron chi connectivity index (χ4n) is 8.70. The number of nitrogens with zero attached hydrogens (tertiary/aromatic N) is 1. The van der Waals surface area contributed by atoms with Crippen molar-refractivity contribution in [1.82, 2.24) is 4.57 Å². The molecule has 0 saturated heterocycles. The molecule has 0 bridgehead atoms. The molecule has 9 aromatic rings. The first-order valence-electron chi connectivity index (χ1n) is 18.3. The maximum atomic E-state index is 2.42. The fraction of sp³-hybridized carbons (Fsp3) is 0.120. The number of thiophene rings is 1. The van der Waals surface area contributed by atoms with Crippen LogP contribution in [-0.2, 0) is 10.8 Å². The van der Waals surface area contributed by atoms with E-state index in [4.69, 9.17) is 0 Å². The van der Waals surface area contributed by atoms with Crippen LogP contribution in [0.25, 0.3) is 81.0 Å². The number of hydrogen-bond acceptors (Lipinski definition) is 1. The summed E-state index contributed by atoms with van der Waals surface area (Å²) in [5, 5.41) is 5.20. The number of allylic oxidation sites excluding steroid dienone is 2. The molecule has 1 aliphatic carbocycles. The molecular weight excluding hydrogens is 647 g/mol. The van der Waals surface area contributed by atoms with E-state index in [1.54, 1.807) is 0 Å². The molecule has 1 nitrogen and oxygen atoms in total. The van der Waals surface area contributed by atoms with Crippen molar-refractivity contribution in [2.24, 2.45) is 0 Å². The molecule has 250 valence electrons. The lowest BCUT2D eigenvalue weighted by atomic mass is 9.66. The highest BCUT2D eigenvalue weighted by Crippen LogP contribution is 2.46. The van der Waals surface area contributed by atoms with Crippen LogP contribution in [0.3, 0.4) is 0 Å². The Kier molecular flexibility index (Phi) is 6.81. The number of rotatable bonds is 4. The third-order valence-corrected chi connectivity index (χ3v) is 12.5. The minimum absolute atomic E-state index is 0.0193. The molecule has 0 spiro atoms. The summed E-state index contributed by atoms with van der Waals surface area (Å²) in [7, 11) is 0. The maximum Gasteiger partial charge on any atom is 0.0547 e. The van der Waals surface area contributed by atoms with Crippen LogP contribution in [0, 0.1) is 0 Å². The first-order chi connectivity index (χ1) is 25.3. The molecule has 2 aromatic heterocycles. The lowest BCUT2D eigenvalue weighted by Crippen LogP contribution is -2.29. The first kappa shape index (κ1) is 31.1. The molecule has 10 rings (SSSR count). The summed E-state index contributed by atoms with van der Waals surface area (Å²) in [5.74, 6) is 0. The smallest absolute Gasteiger partial charge is 0.0547 e. The second-order valence-corrected chi connectivity index (χ2v) is 16.6. The summed E-state index contributed by atoms with van der Waals surface area (Å²) in [4.78, 5) is 0. The number of aromatic nitrogens is 1. The predicted octanol–water partition coefficient (Wildman–Crippen LogP) is 14.3. The summed E-state index contributed by atoms with van der Waals surface area (Å²) in [5.41, 5.74) is 14.1. The van der Waals surface area contributed by atoms with Crippen LogP contribution in [0.15, 0.2) is 164 Å². The summed E-state index contributed by atoms with van der Waals surface area (Å²) in [6.45, 7) is 9.32. The van der Waals surface area contributed by atoms with E-state index in [-0.39, 0.29) is 10.8 Å². The molecule has 0 aliphatic heterocycles. The minimum atomic E-state index is -0.0193. The standard InChI is InChI=1S/C50H39NS/c1-49(2)28-29-50(3,4)48-38(16-10-17-42(48)49)33-22-20-32(21-23-33)34-24-26-45-40(30-34)41-31-35(25-27-46(41)52-45)37-15-11-19-44-47(37)39-14-8-9-18-43(39)51(44)36-12-6-5-7-13-36/h5-31H,1-4H3. The van der Waals surface area contributed by atoms with Crippen molar-refractivity contribution >= 4 is 53.3 Å². The third-order valence-electron chi connectivity index (χ3n) is 11.3. The molecule has 52 heavy (non-hydrogen) atoms. The largest absolute Gasteiger partial charge is 0.309 e. The van der Waals surface area contributed by atoms with Gasteiger partial charge in [0.1, 0.15) is 0 Å². The van der Waals surface area contributed by atoms with Gasteiger partial charge in [-0.15, -0.1) is 11.3 Å². The van der Waals surface area contributed by atoms with Gasteiger partial charge in [-0.05, 0) is 93.0 Å². The van der Waals surface area contributed by atoms with E-state index in [1.807, 2.05) is 11.3 Å². The number of hydrogen-bond donors (Lipinski definition) is 0. The Morgan fingerprint density at radius 3 is 1.83 bits per heavy atom. The summed E-state index contributed by atoms with van der Waals surface area (Å²) >= 11 is 1.88. The van der Waals surface area contributed by atoms with Gasteiger partial charge in [-0.25, -0.2) is 0 Å². The monoisotopic (exact) mass is 685 g/mol. The third kappa shape index (κ3) is 4.75. The van der Waals surface area contributed by atoms with Crippen molar-refractivity contribution in [2.75, 3.05) is 0 Å². The summed E-state index contributed by atoms with van der Waals surface area (Å²) < 4.78 is 5.04. The Bertz CT molecular complexity index is 2880. The second kappa shape index (κ2) is 11.4. The van der Waals surface area contributed by atoms with Gasteiger partial charge in [0.05, 0.1) is 11.0 Å². The molecule has 2 heteroatoms. The molecule has 2 heterocycles. The summed E-state index contributed by atoms with van der Waals surface area (Å²) in [6.07, 6.45) is 4.77. The molecule has 0 saturated carbocycles. The number of fused-ring (bicyclic) bond motifs is 7. The van der Waals surface area contributed by atoms with Crippen LogP contribution in [0.2, 0.25) is 0 Å². The van der Waals surface area contributed by atoms with Gasteiger partial charge in [0.2, 0.25) is 0 Å². The van der Waals surface area contributed by atoms with E-state index in [0.717, 1.165) is 0 Å². The van der Waals surface area contributed by atoms with Gasteiger partial charge in [0, 0.05) is 47.5 Å². The average Bonchev–Trinajstić information content (AvgIpc) is 3.72. The molecule has 0 amide bonds. The zero-order chi connectivity index (χ0) is 35.2. The van der Waals surface area contributed by atoms with Crippen molar-refractivity contribution in [3.63, 3.8) is 0 Å². The summed E-state index contributed by atoms with van der Waals surface area (Å²) in [6, 6.07) is 56.4. The van der Waals surface area contributed by atoms with Gasteiger partial charge in [0.15, 0.2) is 0 Å². The molecule has 0 unspecified atom stereocenters. The van der Waals surface area contributed by atoms with E-state index in [2.05, 4.69) is 196 Å². The number of benzene rings is 7. The molecule has 7 aromatic carbocycles. The lowest BCUT2D eigenvalue weighted by Gasteiger charge is -2.38. The molecule has 0 fully saturated rings. The molecular formula is C50H39NS. The highest BCUT2D eigenvalue weighted by molar-refractivity contribution is 7.25. The van der Waals surface area contributed by atoms with E-state index in [1.165, 1.54) is 92.2 Å². The fourth-order valence-corrected chi connectivity index (χ4v) is 9.76. The SMILES string of the molecule is CC1(C)C=CC(C)(C)c2c(-c3ccc(-c4ccc5sc6ccc(-c7cccc8c7c7ccccc7n8-c7ccccc7)cc6c5c4)cc3)cccc21. The van der Waals surface area contributed by atoms with Gasteiger partial charge in [-0.2, -0.15) is 0 Å². The van der Waals surface area contributed by atoms with Crippen molar-refractivity contribution in [3.05, 3.63) is 175 Å². The van der Waals surface area contributed by atoms with Crippen LogP contribution >= 0.6 is 11.3 Å². The molecule has 0 N–H and O–H groups in total. The molecule has 0 atom stereocenters. The van der Waals surface area contributed by atoms with Gasteiger partial charge in [-0.3, -0.25) is 0 Å². The van der Waals surface area contributed by atoms with Gasteiger partial charge < -0.3 is 4.57 Å². The van der Waals surface area contributed by atoms with Crippen LogP contribution in [0.4, 0.5) is 0 Å². The Hall–Kier alpha value is -5.70. The maximum absolute atomic E-state index is 2.42.